The van der Waals surface area contributed by atoms with E-state index in [9.17, 15) is 19.6 Å². The first kappa shape index (κ1) is 39.6. The first-order chi connectivity index (χ1) is 28.1. The number of likely N-dealkylation sites (N-methyl/N-ethyl adjacent to an activating group) is 1. The highest BCUT2D eigenvalue weighted by molar-refractivity contribution is 7.99. The van der Waals surface area contributed by atoms with Crippen molar-refractivity contribution < 1.29 is 52.3 Å². The number of amides is 1. The molecule has 58 heavy (non-hydrogen) atoms. The number of nitrogens with zero attached hydrogens (tertiary/aromatic N) is 3. The molecule has 6 aliphatic heterocycles. The molecule has 6 heterocycles. The Labute approximate surface area is 340 Å². The minimum absolute atomic E-state index is 0.0107. The van der Waals surface area contributed by atoms with Crippen LogP contribution < -0.4 is 29.0 Å². The summed E-state index contributed by atoms with van der Waals surface area (Å²) in [7, 11) is 5.25. The molecule has 3 aromatic rings. The van der Waals surface area contributed by atoms with Gasteiger partial charge in [0.2, 0.25) is 6.79 Å². The van der Waals surface area contributed by atoms with Crippen molar-refractivity contribution in [2.45, 2.75) is 75.3 Å². The number of esters is 2. The topological polar surface area (TPSA) is 167 Å². The SMILES string of the molecule is COCCOc1c(OC)c(C)cc2c1[C@H]1C3[C@@H]4SC[C@H](NC(=O)OCc5ccccc5)C(=O)OC[C@H](c5c6c(c(C)c(OC(C)=O)c54)OCO6)N3[C@@H](C#N)[C@H](C2)N1C. The van der Waals surface area contributed by atoms with Crippen LogP contribution in [0.1, 0.15) is 63.2 Å². The number of carbonyl (C=O) groups excluding carboxylic acids is 3. The average Bonchev–Trinajstić information content (AvgIpc) is 3.70. The smallest absolute Gasteiger partial charge is 0.408 e. The molecule has 3 aromatic carbocycles. The number of aryl methyl sites for hydroxylation is 1. The number of rotatable bonds is 9. The number of nitriles is 1. The lowest BCUT2D eigenvalue weighted by molar-refractivity contribution is -0.151. The number of methoxy groups -OCH3 is 2. The largest absolute Gasteiger partial charge is 0.493 e. The van der Waals surface area contributed by atoms with E-state index < -0.39 is 53.5 Å². The van der Waals surface area contributed by atoms with E-state index in [1.54, 1.807) is 14.2 Å². The highest BCUT2D eigenvalue weighted by Crippen LogP contribution is 2.64. The summed E-state index contributed by atoms with van der Waals surface area (Å²) in [5, 5.41) is 13.3. The van der Waals surface area contributed by atoms with E-state index in [0.717, 1.165) is 22.3 Å². The van der Waals surface area contributed by atoms with Crippen LogP contribution in [0.3, 0.4) is 0 Å². The highest BCUT2D eigenvalue weighted by atomic mass is 32.2. The normalized spacial score (nSPS) is 25.6. The molecule has 7 atom stereocenters. The summed E-state index contributed by atoms with van der Waals surface area (Å²) in [5.74, 6) is 1.25. The van der Waals surface area contributed by atoms with Gasteiger partial charge in [0.15, 0.2) is 23.0 Å². The molecule has 6 aliphatic rings. The lowest BCUT2D eigenvalue weighted by Gasteiger charge is -2.61. The zero-order valence-electron chi connectivity index (χ0n) is 33.2. The van der Waals surface area contributed by atoms with Crippen molar-refractivity contribution >= 4 is 29.8 Å². The number of alkyl carbamates (subject to hydrolysis) is 1. The number of hydrogen-bond acceptors (Lipinski definition) is 15. The molecule has 9 rings (SSSR count). The van der Waals surface area contributed by atoms with Crippen molar-refractivity contribution in [3.8, 4) is 34.8 Å². The molecule has 0 spiro atoms. The molecule has 2 saturated heterocycles. The molecule has 16 heteroatoms. The number of ether oxygens (including phenoxy) is 8. The fourth-order valence-corrected chi connectivity index (χ4v) is 10.8. The molecule has 1 amide bonds. The Kier molecular flexibility index (Phi) is 11.1. The predicted molar refractivity (Wildman–Crippen MR) is 209 cm³/mol. The summed E-state index contributed by atoms with van der Waals surface area (Å²) in [5.41, 5.74) is 5.52. The Morgan fingerprint density at radius 1 is 1.02 bits per heavy atom. The lowest BCUT2D eigenvalue weighted by Crippen LogP contribution is -2.69. The second-order valence-corrected chi connectivity index (χ2v) is 16.1. The fourth-order valence-electron chi connectivity index (χ4n) is 9.32. The molecule has 0 radical (unpaired) electrons. The number of hydrogen-bond donors (Lipinski definition) is 1. The Balaban J connectivity index is 1.31. The van der Waals surface area contributed by atoms with E-state index in [4.69, 9.17) is 37.9 Å². The van der Waals surface area contributed by atoms with E-state index in [1.807, 2.05) is 51.2 Å². The number of thioether (sulfide) groups is 1. The maximum Gasteiger partial charge on any atom is 0.408 e. The van der Waals surface area contributed by atoms with Crippen molar-refractivity contribution in [2.24, 2.45) is 0 Å². The first-order valence-corrected chi connectivity index (χ1v) is 20.2. The van der Waals surface area contributed by atoms with Crippen molar-refractivity contribution in [1.82, 2.24) is 15.1 Å². The van der Waals surface area contributed by atoms with Gasteiger partial charge in [0, 0.05) is 54.1 Å². The van der Waals surface area contributed by atoms with Crippen LogP contribution in [0.25, 0.3) is 0 Å². The number of carbonyl (C=O) groups is 3. The van der Waals surface area contributed by atoms with E-state index in [1.165, 1.54) is 18.7 Å². The van der Waals surface area contributed by atoms with Crippen LogP contribution in [0.15, 0.2) is 36.4 Å². The molecule has 0 aliphatic carbocycles. The predicted octanol–water partition coefficient (Wildman–Crippen LogP) is 4.85. The summed E-state index contributed by atoms with van der Waals surface area (Å²) >= 11 is 1.40. The Morgan fingerprint density at radius 3 is 2.52 bits per heavy atom. The van der Waals surface area contributed by atoms with Crippen LogP contribution in [0.5, 0.6) is 28.7 Å². The Bertz CT molecular complexity index is 2160. The molecule has 4 bridgehead atoms. The van der Waals surface area contributed by atoms with Crippen LogP contribution in [-0.4, -0.2) is 106 Å². The Hall–Kier alpha value is -5.21. The quantitative estimate of drug-likeness (QED) is 0.177. The van der Waals surface area contributed by atoms with E-state index in [-0.39, 0.29) is 38.4 Å². The fraction of sp³-hybridized carbons (Fsp3) is 0.476. The monoisotopic (exact) mass is 814 g/mol. The maximum absolute atomic E-state index is 14.0. The zero-order valence-corrected chi connectivity index (χ0v) is 34.0. The van der Waals surface area contributed by atoms with Crippen molar-refractivity contribution in [3.05, 3.63) is 75.3 Å². The van der Waals surface area contributed by atoms with Gasteiger partial charge in [0.05, 0.1) is 37.1 Å². The molecule has 1 unspecified atom stereocenters. The van der Waals surface area contributed by atoms with Gasteiger partial charge in [-0.25, -0.2) is 9.59 Å². The minimum atomic E-state index is -1.10. The van der Waals surface area contributed by atoms with Gasteiger partial charge in [-0.1, -0.05) is 36.4 Å². The number of nitrogens with one attached hydrogen (secondary N) is 1. The van der Waals surface area contributed by atoms with Crippen molar-refractivity contribution in [1.29, 1.82) is 5.26 Å². The zero-order chi connectivity index (χ0) is 40.8. The summed E-state index contributed by atoms with van der Waals surface area (Å²) in [4.78, 5) is 44.5. The minimum Gasteiger partial charge on any atom is -0.493 e. The third-order valence-corrected chi connectivity index (χ3v) is 13.1. The van der Waals surface area contributed by atoms with Gasteiger partial charge in [-0.2, -0.15) is 5.26 Å². The highest BCUT2D eigenvalue weighted by Gasteiger charge is 2.61. The van der Waals surface area contributed by atoms with Gasteiger partial charge >= 0.3 is 18.0 Å². The molecular weight excluding hydrogens is 769 g/mol. The summed E-state index contributed by atoms with van der Waals surface area (Å²) in [6.07, 6.45) is -0.241. The summed E-state index contributed by atoms with van der Waals surface area (Å²) < 4.78 is 47.9. The van der Waals surface area contributed by atoms with Crippen molar-refractivity contribution in [2.75, 3.05) is 53.6 Å². The molecule has 306 valence electrons. The first-order valence-electron chi connectivity index (χ1n) is 19.2. The Morgan fingerprint density at radius 2 is 1.79 bits per heavy atom. The van der Waals surface area contributed by atoms with Crippen LogP contribution in [0.4, 0.5) is 4.79 Å². The van der Waals surface area contributed by atoms with Crippen LogP contribution in [0, 0.1) is 25.2 Å². The van der Waals surface area contributed by atoms with Crippen LogP contribution >= 0.6 is 11.8 Å². The number of fused-ring (bicyclic) bond motifs is 10. The second kappa shape index (κ2) is 16.2. The molecule has 1 N–H and O–H groups in total. The van der Waals surface area contributed by atoms with E-state index >= 15 is 0 Å². The summed E-state index contributed by atoms with van der Waals surface area (Å²) in [6.45, 7) is 5.49. The molecule has 0 saturated carbocycles. The molecule has 15 nitrogen and oxygen atoms in total. The van der Waals surface area contributed by atoms with E-state index in [0.29, 0.717) is 58.5 Å². The van der Waals surface area contributed by atoms with Crippen molar-refractivity contribution in [3.63, 3.8) is 0 Å². The molecular formula is C42H46N4O11S. The van der Waals surface area contributed by atoms with Gasteiger partial charge in [-0.15, -0.1) is 11.8 Å². The van der Waals surface area contributed by atoms with Gasteiger partial charge in [0.1, 0.15) is 37.7 Å². The average molecular weight is 815 g/mol. The van der Waals surface area contributed by atoms with Gasteiger partial charge in [0.25, 0.3) is 0 Å². The van der Waals surface area contributed by atoms with Gasteiger partial charge in [-0.05, 0) is 44.0 Å². The lowest BCUT2D eigenvalue weighted by atomic mass is 9.71. The summed E-state index contributed by atoms with van der Waals surface area (Å²) in [6, 6.07) is 10.2. The molecule has 0 aromatic heterocycles. The maximum atomic E-state index is 14.0. The van der Waals surface area contributed by atoms with Crippen LogP contribution in [0.2, 0.25) is 0 Å². The number of piperazine rings is 1. The second-order valence-electron chi connectivity index (χ2n) is 15.0. The standard InChI is InChI=1S/C42H46N4O11S/c1-21-14-25-15-27-28(16-43)46-29-18-53-41(48)26(44-42(49)54-17-24-10-8-7-9-11-24)19-58-40(32-31(29)39-37(55-20-56-39)22(2)36(32)57-23(3)47)34(46)33(45(27)4)30(25)38(35(21)51-6)52-13-12-50-5/h7-11,14,26-29,33-34,40H,12-13,15,17-20H2,1-6H3,(H,44,49)/t26-,27-,28-,29+,33-,34?,40+/m0/s1. The van der Waals surface area contributed by atoms with Gasteiger partial charge < -0.3 is 43.2 Å². The number of benzene rings is 3. The van der Waals surface area contributed by atoms with Gasteiger partial charge in [-0.3, -0.25) is 14.6 Å². The third-order valence-electron chi connectivity index (χ3n) is 11.7. The molecule has 2 fully saturated rings. The van der Waals surface area contributed by atoms with Crippen LogP contribution in [-0.2, 0) is 36.8 Å². The van der Waals surface area contributed by atoms with E-state index in [2.05, 4.69) is 27.3 Å². The third kappa shape index (κ3) is 6.73.